The summed E-state index contributed by atoms with van der Waals surface area (Å²) in [6.45, 7) is 1.46. The second-order valence-corrected chi connectivity index (χ2v) is 9.15. The van der Waals surface area contributed by atoms with E-state index in [0.717, 1.165) is 4.47 Å². The Bertz CT molecular complexity index is 1200. The van der Waals surface area contributed by atoms with Crippen LogP contribution in [0.1, 0.15) is 5.56 Å². The fourth-order valence-corrected chi connectivity index (χ4v) is 4.52. The normalized spacial score (nSPS) is 10.9. The van der Waals surface area contributed by atoms with Gasteiger partial charge in [0.05, 0.1) is 17.7 Å². The van der Waals surface area contributed by atoms with Gasteiger partial charge in [-0.05, 0) is 55.0 Å². The number of rotatable bonds is 8. The highest BCUT2D eigenvalue weighted by atomic mass is 79.9. The van der Waals surface area contributed by atoms with Crippen molar-refractivity contribution in [3.8, 4) is 11.5 Å². The number of aryl methyl sites for hydroxylation is 1. The molecule has 31 heavy (non-hydrogen) atoms. The first-order valence-electron chi connectivity index (χ1n) is 9.23. The van der Waals surface area contributed by atoms with Gasteiger partial charge in [0.25, 0.3) is 15.9 Å². The molecule has 0 bridgehead atoms. The molecule has 3 aromatic carbocycles. The summed E-state index contributed by atoms with van der Waals surface area (Å²) in [7, 11) is -2.45. The van der Waals surface area contributed by atoms with Crippen LogP contribution in [0.5, 0.6) is 11.5 Å². The number of hydrogen-bond acceptors (Lipinski definition) is 5. The third-order valence-electron chi connectivity index (χ3n) is 4.28. The summed E-state index contributed by atoms with van der Waals surface area (Å²) >= 11 is 3.34. The van der Waals surface area contributed by atoms with Gasteiger partial charge in [0, 0.05) is 10.2 Å². The number of amides is 1. The van der Waals surface area contributed by atoms with Gasteiger partial charge in [0.1, 0.15) is 11.5 Å². The summed E-state index contributed by atoms with van der Waals surface area (Å²) in [6.07, 6.45) is 0. The van der Waals surface area contributed by atoms with Crippen molar-refractivity contribution in [3.63, 3.8) is 0 Å². The summed E-state index contributed by atoms with van der Waals surface area (Å²) in [5.41, 5.74) is 1.20. The Morgan fingerprint density at radius 2 is 1.81 bits per heavy atom. The fraction of sp³-hybridized carbons (Fsp3) is 0.136. The molecule has 0 heterocycles. The molecule has 3 aromatic rings. The molecule has 0 radical (unpaired) electrons. The summed E-state index contributed by atoms with van der Waals surface area (Å²) in [4.78, 5) is 12.3. The lowest BCUT2D eigenvalue weighted by Gasteiger charge is -2.14. The average molecular weight is 505 g/mol. The summed E-state index contributed by atoms with van der Waals surface area (Å²) in [5, 5.41) is 2.66. The van der Waals surface area contributed by atoms with Gasteiger partial charge in [0.2, 0.25) is 0 Å². The number of halogens is 1. The number of carbonyl (C=O) groups excluding carboxylic acids is 1. The molecule has 1 amide bonds. The molecule has 0 fully saturated rings. The number of methoxy groups -OCH3 is 1. The molecule has 0 saturated carbocycles. The predicted molar refractivity (Wildman–Crippen MR) is 123 cm³/mol. The first-order chi connectivity index (χ1) is 14.8. The van der Waals surface area contributed by atoms with E-state index < -0.39 is 15.9 Å². The van der Waals surface area contributed by atoms with E-state index in [0.29, 0.717) is 28.4 Å². The van der Waals surface area contributed by atoms with Crippen molar-refractivity contribution in [2.24, 2.45) is 0 Å². The highest BCUT2D eigenvalue weighted by Gasteiger charge is 2.20. The van der Waals surface area contributed by atoms with E-state index in [1.165, 1.54) is 13.2 Å². The van der Waals surface area contributed by atoms with E-state index in [1.807, 2.05) is 6.07 Å². The molecule has 0 unspecified atom stereocenters. The molecule has 3 rings (SSSR count). The van der Waals surface area contributed by atoms with Crippen LogP contribution in [0.4, 0.5) is 11.4 Å². The molecule has 0 atom stereocenters. The molecule has 9 heteroatoms. The molecule has 0 aliphatic carbocycles. The number of carbonyl (C=O) groups is 1. The molecular formula is C22H21BrN2O5S. The first-order valence-corrected chi connectivity index (χ1v) is 11.5. The second kappa shape index (κ2) is 9.84. The molecule has 7 nitrogen and oxygen atoms in total. The molecular weight excluding hydrogens is 484 g/mol. The van der Waals surface area contributed by atoms with Crippen molar-refractivity contribution in [1.82, 2.24) is 0 Å². The Hall–Kier alpha value is -3.04. The molecule has 2 N–H and O–H groups in total. The molecule has 0 aliphatic heterocycles. The zero-order chi connectivity index (χ0) is 22.4. The number of anilines is 2. The minimum absolute atomic E-state index is 0.0455. The summed E-state index contributed by atoms with van der Waals surface area (Å²) in [6, 6.07) is 18.5. The zero-order valence-corrected chi connectivity index (χ0v) is 19.3. The van der Waals surface area contributed by atoms with E-state index in [2.05, 4.69) is 26.0 Å². The first kappa shape index (κ1) is 22.6. The number of benzene rings is 3. The van der Waals surface area contributed by atoms with E-state index in [9.17, 15) is 13.2 Å². The largest absolute Gasteiger partial charge is 0.495 e. The van der Waals surface area contributed by atoms with Crippen molar-refractivity contribution in [2.75, 3.05) is 23.8 Å². The van der Waals surface area contributed by atoms with Gasteiger partial charge in [-0.1, -0.05) is 40.2 Å². The monoisotopic (exact) mass is 504 g/mol. The van der Waals surface area contributed by atoms with Crippen LogP contribution in [0, 0.1) is 6.92 Å². The minimum Gasteiger partial charge on any atom is -0.495 e. The Labute approximate surface area is 189 Å². The number of hydrogen-bond donors (Lipinski definition) is 2. The Balaban J connectivity index is 1.74. The highest BCUT2D eigenvalue weighted by Crippen LogP contribution is 2.28. The van der Waals surface area contributed by atoms with Crippen LogP contribution >= 0.6 is 15.9 Å². The Kier molecular flexibility index (Phi) is 7.19. The maximum absolute atomic E-state index is 13.0. The SMILES string of the molecule is COc1ccccc1NS(=O)(=O)c1cc(NC(=O)COc2cccc(Br)c2)ccc1C. The van der Waals surface area contributed by atoms with E-state index >= 15 is 0 Å². The third-order valence-corrected chi connectivity index (χ3v) is 6.28. The Morgan fingerprint density at radius 1 is 1.03 bits per heavy atom. The van der Waals surface area contributed by atoms with Crippen LogP contribution in [0.15, 0.2) is 76.1 Å². The minimum atomic E-state index is -3.91. The van der Waals surface area contributed by atoms with Gasteiger partial charge in [0.15, 0.2) is 6.61 Å². The fourth-order valence-electron chi connectivity index (χ4n) is 2.80. The lowest BCUT2D eigenvalue weighted by atomic mass is 10.2. The van der Waals surface area contributed by atoms with Gasteiger partial charge in [-0.3, -0.25) is 9.52 Å². The molecule has 0 aromatic heterocycles. The summed E-state index contributed by atoms with van der Waals surface area (Å²) in [5.74, 6) is 0.528. The van der Waals surface area contributed by atoms with E-state index in [1.54, 1.807) is 61.5 Å². The maximum Gasteiger partial charge on any atom is 0.262 e. The third kappa shape index (κ3) is 5.99. The second-order valence-electron chi connectivity index (χ2n) is 6.58. The predicted octanol–water partition coefficient (Wildman–Crippen LogP) is 4.58. The van der Waals surface area contributed by atoms with Gasteiger partial charge in [-0.15, -0.1) is 0 Å². The molecule has 0 aliphatic rings. The lowest BCUT2D eigenvalue weighted by Crippen LogP contribution is -2.21. The standard InChI is InChI=1S/C22H21BrN2O5S/c1-15-10-11-17(24-22(26)14-30-18-7-5-6-16(23)12-18)13-21(15)31(27,28)25-19-8-3-4-9-20(19)29-2/h3-13,25H,14H2,1-2H3,(H,24,26). The van der Waals surface area contributed by atoms with Gasteiger partial charge in [-0.25, -0.2) is 8.42 Å². The van der Waals surface area contributed by atoms with Crippen LogP contribution in [-0.4, -0.2) is 28.0 Å². The highest BCUT2D eigenvalue weighted by molar-refractivity contribution is 9.10. The van der Waals surface area contributed by atoms with Crippen LogP contribution in [-0.2, 0) is 14.8 Å². The van der Waals surface area contributed by atoms with E-state index in [-0.39, 0.29) is 11.5 Å². The number of para-hydroxylation sites is 2. The number of sulfonamides is 1. The average Bonchev–Trinajstić information content (AvgIpc) is 2.74. The quantitative estimate of drug-likeness (QED) is 0.468. The van der Waals surface area contributed by atoms with Crippen molar-refractivity contribution < 1.29 is 22.7 Å². The maximum atomic E-state index is 13.0. The Morgan fingerprint density at radius 3 is 2.55 bits per heavy atom. The molecule has 0 saturated heterocycles. The molecule has 162 valence electrons. The van der Waals surface area contributed by atoms with Crippen LogP contribution in [0.25, 0.3) is 0 Å². The van der Waals surface area contributed by atoms with Crippen molar-refractivity contribution in [1.29, 1.82) is 0 Å². The summed E-state index contributed by atoms with van der Waals surface area (Å²) < 4.78 is 40.0. The lowest BCUT2D eigenvalue weighted by molar-refractivity contribution is -0.118. The molecule has 0 spiro atoms. The van der Waals surface area contributed by atoms with Crippen molar-refractivity contribution in [2.45, 2.75) is 11.8 Å². The zero-order valence-electron chi connectivity index (χ0n) is 16.9. The topological polar surface area (TPSA) is 93.7 Å². The smallest absolute Gasteiger partial charge is 0.262 e. The van der Waals surface area contributed by atoms with Gasteiger partial charge >= 0.3 is 0 Å². The van der Waals surface area contributed by atoms with Crippen LogP contribution < -0.4 is 19.5 Å². The number of nitrogens with one attached hydrogen (secondary N) is 2. The van der Waals surface area contributed by atoms with Crippen LogP contribution in [0.2, 0.25) is 0 Å². The number of ether oxygens (including phenoxy) is 2. The van der Waals surface area contributed by atoms with Crippen molar-refractivity contribution in [3.05, 3.63) is 76.8 Å². The van der Waals surface area contributed by atoms with Gasteiger partial charge in [-0.2, -0.15) is 0 Å². The van der Waals surface area contributed by atoms with E-state index in [4.69, 9.17) is 9.47 Å². The van der Waals surface area contributed by atoms with Gasteiger partial charge < -0.3 is 14.8 Å². The van der Waals surface area contributed by atoms with Crippen LogP contribution in [0.3, 0.4) is 0 Å². The van der Waals surface area contributed by atoms with Crippen molar-refractivity contribution >= 4 is 43.2 Å².